The van der Waals surface area contributed by atoms with Crippen molar-refractivity contribution in [1.29, 1.82) is 0 Å². The van der Waals surface area contributed by atoms with Gasteiger partial charge in [-0.15, -0.1) is 0 Å². The Morgan fingerprint density at radius 3 is 2.30 bits per heavy atom. The van der Waals surface area contributed by atoms with Gasteiger partial charge in [0.05, 0.1) is 29.2 Å². The lowest BCUT2D eigenvalue weighted by Gasteiger charge is -2.26. The van der Waals surface area contributed by atoms with Crippen LogP contribution >= 0.6 is 11.6 Å². The van der Waals surface area contributed by atoms with Gasteiger partial charge < -0.3 is 35.2 Å². The molecule has 1 amide bonds. The van der Waals surface area contributed by atoms with E-state index in [9.17, 15) is 4.79 Å². The molecule has 1 aromatic heterocycles. The number of benzene rings is 2. The van der Waals surface area contributed by atoms with Crippen LogP contribution in [0.2, 0.25) is 5.02 Å². The summed E-state index contributed by atoms with van der Waals surface area (Å²) >= 11 is 6.44. The molecule has 0 bridgehead atoms. The first-order valence-corrected chi connectivity index (χ1v) is 13.1. The molecular weight excluding hydrogens is 530 g/mol. The third-order valence-corrected chi connectivity index (χ3v) is 5.90. The van der Waals surface area contributed by atoms with Crippen LogP contribution in [-0.2, 0) is 4.79 Å². The molecule has 3 N–H and O–H groups in total. The molecule has 0 radical (unpaired) electrons. The monoisotopic (exact) mass is 567 g/mol. The Bertz CT molecular complexity index is 1340. The lowest BCUT2D eigenvalue weighted by atomic mass is 10.2. The fourth-order valence-electron chi connectivity index (χ4n) is 3.68. The largest absolute Gasteiger partial charge is 0.494 e. The molecule has 0 saturated heterocycles. The number of aromatic nitrogens is 2. The van der Waals surface area contributed by atoms with Gasteiger partial charge in [-0.3, -0.25) is 4.79 Å². The molecule has 0 unspecified atom stereocenters. The highest BCUT2D eigenvalue weighted by atomic mass is 35.5. The number of ether oxygens (including phenoxy) is 2. The summed E-state index contributed by atoms with van der Waals surface area (Å²) in [5, 5.41) is 9.90. The number of carbonyl (C=O) groups excluding carboxylic acids is 1. The second-order valence-electron chi connectivity index (χ2n) is 10.4. The van der Waals surface area contributed by atoms with Gasteiger partial charge in [0.25, 0.3) is 0 Å². The molecule has 10 nitrogen and oxygen atoms in total. The van der Waals surface area contributed by atoms with Crippen molar-refractivity contribution in [3.63, 3.8) is 0 Å². The number of hydrogen-bond acceptors (Lipinski definition) is 9. The van der Waals surface area contributed by atoms with Crippen molar-refractivity contribution >= 4 is 51.9 Å². The van der Waals surface area contributed by atoms with Crippen LogP contribution in [0.1, 0.15) is 20.8 Å². The molecule has 0 aliphatic heterocycles. The lowest BCUT2D eigenvalue weighted by Crippen LogP contribution is -2.29. The van der Waals surface area contributed by atoms with Crippen molar-refractivity contribution in [2.24, 2.45) is 0 Å². The Morgan fingerprint density at radius 1 is 1.00 bits per heavy atom. The zero-order chi connectivity index (χ0) is 29.4. The van der Waals surface area contributed by atoms with Gasteiger partial charge in [0.1, 0.15) is 35.1 Å². The van der Waals surface area contributed by atoms with Crippen molar-refractivity contribution in [1.82, 2.24) is 14.9 Å². The molecule has 0 fully saturated rings. The molecule has 0 aliphatic carbocycles. The maximum atomic E-state index is 12.2. The molecule has 0 aliphatic rings. The number of amides is 1. The summed E-state index contributed by atoms with van der Waals surface area (Å²) in [7, 11) is 7.58. The van der Waals surface area contributed by atoms with Crippen LogP contribution in [0.3, 0.4) is 0 Å². The number of nitrogens with one attached hydrogen (secondary N) is 3. The van der Waals surface area contributed by atoms with E-state index in [1.165, 1.54) is 12.4 Å². The summed E-state index contributed by atoms with van der Waals surface area (Å²) in [6.45, 7) is 11.0. The van der Waals surface area contributed by atoms with E-state index in [4.69, 9.17) is 21.1 Å². The molecule has 3 aromatic rings. The van der Waals surface area contributed by atoms with Crippen LogP contribution in [0.4, 0.5) is 34.4 Å². The van der Waals surface area contributed by atoms with Gasteiger partial charge in [-0.25, -0.2) is 9.97 Å². The number of halogens is 1. The number of nitrogens with zero attached hydrogens (tertiary/aromatic N) is 4. The van der Waals surface area contributed by atoms with Gasteiger partial charge in [-0.1, -0.05) is 18.2 Å². The second-order valence-corrected chi connectivity index (χ2v) is 10.8. The number of rotatable bonds is 12. The fourth-order valence-corrected chi connectivity index (χ4v) is 3.90. The van der Waals surface area contributed by atoms with Crippen molar-refractivity contribution in [2.75, 3.05) is 62.2 Å². The first kappa shape index (κ1) is 30.5. The third kappa shape index (κ3) is 8.75. The van der Waals surface area contributed by atoms with Gasteiger partial charge >= 0.3 is 0 Å². The van der Waals surface area contributed by atoms with E-state index >= 15 is 0 Å². The molecule has 11 heteroatoms. The maximum Gasteiger partial charge on any atom is 0.247 e. The second kappa shape index (κ2) is 13.4. The smallest absolute Gasteiger partial charge is 0.247 e. The van der Waals surface area contributed by atoms with E-state index in [0.717, 1.165) is 24.5 Å². The summed E-state index contributed by atoms with van der Waals surface area (Å²) in [5.74, 6) is 1.94. The summed E-state index contributed by atoms with van der Waals surface area (Å²) < 4.78 is 11.6. The van der Waals surface area contributed by atoms with E-state index < -0.39 is 0 Å². The van der Waals surface area contributed by atoms with Crippen molar-refractivity contribution in [2.45, 2.75) is 26.4 Å². The van der Waals surface area contributed by atoms with Crippen LogP contribution in [0.15, 0.2) is 55.4 Å². The Labute approximate surface area is 241 Å². The van der Waals surface area contributed by atoms with Crippen molar-refractivity contribution in [3.05, 3.63) is 60.4 Å². The first-order valence-electron chi connectivity index (χ1n) is 12.7. The zero-order valence-corrected chi connectivity index (χ0v) is 24.9. The predicted molar refractivity (Wildman–Crippen MR) is 164 cm³/mol. The topological polar surface area (TPSA) is 104 Å². The fraction of sp³-hybridized carbons (Fsp3) is 0.345. The van der Waals surface area contributed by atoms with Crippen LogP contribution in [-0.4, -0.2) is 67.7 Å². The number of methoxy groups -OCH3 is 1. The van der Waals surface area contributed by atoms with Crippen LogP contribution in [0, 0.1) is 0 Å². The Kier molecular flexibility index (Phi) is 10.2. The van der Waals surface area contributed by atoms with E-state index in [2.05, 4.69) is 42.3 Å². The minimum absolute atomic E-state index is 0.315. The summed E-state index contributed by atoms with van der Waals surface area (Å²) in [5.41, 5.74) is 2.41. The molecule has 3 rings (SSSR count). The highest BCUT2D eigenvalue weighted by Crippen LogP contribution is 2.38. The standard InChI is InChI=1S/C29H38ClN7O3/c1-9-28(38)35-21-15-22(25(39-8)16-23(21)37(7)13-12-36(5)6)34-27-17-26(31-18-32-27)33-19-10-11-24(20(30)14-19)40-29(2,3)4/h9-11,14-18H,1,12-13H2,2-8H3,(H,35,38)(H2,31,32,33,34). The third-order valence-electron chi connectivity index (χ3n) is 5.61. The molecule has 0 atom stereocenters. The number of anilines is 6. The molecule has 0 saturated carbocycles. The molecular formula is C29H38ClN7O3. The molecule has 2 aromatic carbocycles. The van der Waals surface area contributed by atoms with Crippen molar-refractivity contribution in [3.8, 4) is 11.5 Å². The van der Waals surface area contributed by atoms with Crippen LogP contribution < -0.4 is 30.3 Å². The lowest BCUT2D eigenvalue weighted by molar-refractivity contribution is -0.111. The van der Waals surface area contributed by atoms with Crippen molar-refractivity contribution < 1.29 is 14.3 Å². The molecule has 40 heavy (non-hydrogen) atoms. The molecule has 214 valence electrons. The minimum Gasteiger partial charge on any atom is -0.494 e. The van der Waals surface area contributed by atoms with E-state index in [1.807, 2.05) is 66.2 Å². The van der Waals surface area contributed by atoms with Crippen LogP contribution in [0.25, 0.3) is 0 Å². The molecule has 0 spiro atoms. The molecule has 1 heterocycles. The number of likely N-dealkylation sites (N-methyl/N-ethyl adjacent to an activating group) is 2. The van der Waals surface area contributed by atoms with Gasteiger partial charge in [-0.05, 0) is 65.2 Å². The minimum atomic E-state index is -0.360. The highest BCUT2D eigenvalue weighted by molar-refractivity contribution is 6.32. The van der Waals surface area contributed by atoms with Crippen LogP contribution in [0.5, 0.6) is 11.5 Å². The van der Waals surface area contributed by atoms with Gasteiger partial charge in [0, 0.05) is 38.0 Å². The highest BCUT2D eigenvalue weighted by Gasteiger charge is 2.17. The Hall–Kier alpha value is -4.02. The Morgan fingerprint density at radius 2 is 1.70 bits per heavy atom. The normalized spacial score (nSPS) is 11.1. The van der Waals surface area contributed by atoms with E-state index in [0.29, 0.717) is 39.5 Å². The number of hydrogen-bond donors (Lipinski definition) is 3. The first-order chi connectivity index (χ1) is 18.9. The number of carbonyl (C=O) groups is 1. The average Bonchev–Trinajstić information content (AvgIpc) is 2.88. The quantitative estimate of drug-likeness (QED) is 0.230. The summed E-state index contributed by atoms with van der Waals surface area (Å²) in [4.78, 5) is 25.0. The summed E-state index contributed by atoms with van der Waals surface area (Å²) in [6, 6.07) is 10.9. The summed E-state index contributed by atoms with van der Waals surface area (Å²) in [6.07, 6.45) is 2.68. The van der Waals surface area contributed by atoms with Gasteiger partial charge in [-0.2, -0.15) is 0 Å². The van der Waals surface area contributed by atoms with Gasteiger partial charge in [0.2, 0.25) is 5.91 Å². The maximum absolute atomic E-state index is 12.2. The zero-order valence-electron chi connectivity index (χ0n) is 24.1. The SMILES string of the molecule is C=CC(=O)Nc1cc(Nc2cc(Nc3ccc(OC(C)(C)C)c(Cl)c3)ncn2)c(OC)cc1N(C)CCN(C)C. The average molecular weight is 568 g/mol. The van der Waals surface area contributed by atoms with E-state index in [1.54, 1.807) is 19.2 Å². The van der Waals surface area contributed by atoms with E-state index in [-0.39, 0.29) is 11.5 Å². The predicted octanol–water partition coefficient (Wildman–Crippen LogP) is 5.93. The Balaban J connectivity index is 1.87. The van der Waals surface area contributed by atoms with Gasteiger partial charge in [0.15, 0.2) is 0 Å².